The molecule has 1 aromatic rings. The molecule has 5 heteroatoms. The van der Waals surface area contributed by atoms with Gasteiger partial charge in [-0.25, -0.2) is 0 Å². The van der Waals surface area contributed by atoms with Gasteiger partial charge >= 0.3 is 0 Å². The topological polar surface area (TPSA) is 58.6 Å². The molecule has 1 fully saturated rings. The van der Waals surface area contributed by atoms with Crippen molar-refractivity contribution in [1.29, 1.82) is 0 Å². The Morgan fingerprint density at radius 3 is 2.25 bits per heavy atom. The van der Waals surface area contributed by atoms with E-state index in [9.17, 15) is 9.59 Å². The van der Waals surface area contributed by atoms with Crippen molar-refractivity contribution in [1.82, 2.24) is 0 Å². The van der Waals surface area contributed by atoms with Crippen LogP contribution in [0.3, 0.4) is 0 Å². The highest BCUT2D eigenvalue weighted by Crippen LogP contribution is 2.24. The second kappa shape index (κ2) is 6.52. The molecule has 1 saturated heterocycles. The molecular formula is C15H20N2O3. The van der Waals surface area contributed by atoms with E-state index >= 15 is 0 Å². The summed E-state index contributed by atoms with van der Waals surface area (Å²) < 4.78 is 5.34. The number of anilines is 2. The third-order valence-electron chi connectivity index (χ3n) is 3.36. The van der Waals surface area contributed by atoms with E-state index in [4.69, 9.17) is 4.74 Å². The normalized spacial score (nSPS) is 15.7. The van der Waals surface area contributed by atoms with Crippen molar-refractivity contribution in [2.45, 2.75) is 32.7 Å². The fourth-order valence-corrected chi connectivity index (χ4v) is 2.50. The van der Waals surface area contributed by atoms with Gasteiger partial charge in [-0.3, -0.25) is 9.59 Å². The first-order chi connectivity index (χ1) is 9.58. The van der Waals surface area contributed by atoms with Crippen LogP contribution in [-0.2, 0) is 14.3 Å². The number of carbonyl (C=O) groups excluding carboxylic acids is 2. The van der Waals surface area contributed by atoms with Crippen molar-refractivity contribution < 1.29 is 14.3 Å². The summed E-state index contributed by atoms with van der Waals surface area (Å²) in [4.78, 5) is 24.7. The van der Waals surface area contributed by atoms with Crippen molar-refractivity contribution in [3.8, 4) is 0 Å². The lowest BCUT2D eigenvalue weighted by atomic mass is 10.1. The average molecular weight is 276 g/mol. The predicted octanol–water partition coefficient (Wildman–Crippen LogP) is 2.18. The maximum absolute atomic E-state index is 11.9. The van der Waals surface area contributed by atoms with E-state index in [1.807, 2.05) is 29.2 Å². The Hall–Kier alpha value is -1.88. The molecule has 108 valence electrons. The smallest absolute Gasteiger partial charge is 0.224 e. The van der Waals surface area contributed by atoms with E-state index in [-0.39, 0.29) is 17.9 Å². The molecule has 5 nitrogen and oxygen atoms in total. The summed E-state index contributed by atoms with van der Waals surface area (Å²) in [5.41, 5.74) is 1.59. The third-order valence-corrected chi connectivity index (χ3v) is 3.36. The quantitative estimate of drug-likeness (QED) is 0.920. The van der Waals surface area contributed by atoms with Gasteiger partial charge in [0.05, 0.1) is 0 Å². The summed E-state index contributed by atoms with van der Waals surface area (Å²) in [6.07, 6.45) is 1.71. The summed E-state index contributed by atoms with van der Waals surface area (Å²) >= 11 is 0. The van der Waals surface area contributed by atoms with E-state index in [1.54, 1.807) is 6.92 Å². The fraction of sp³-hybridized carbons (Fsp3) is 0.467. The first-order valence-corrected chi connectivity index (χ1v) is 6.83. The second-order valence-electron chi connectivity index (χ2n) is 4.96. The molecule has 0 aromatic heterocycles. The van der Waals surface area contributed by atoms with Gasteiger partial charge in [-0.05, 0) is 37.1 Å². The van der Waals surface area contributed by atoms with E-state index < -0.39 is 0 Å². The van der Waals surface area contributed by atoms with Crippen LogP contribution in [0.15, 0.2) is 24.3 Å². The van der Waals surface area contributed by atoms with Gasteiger partial charge in [0.2, 0.25) is 11.8 Å². The van der Waals surface area contributed by atoms with Gasteiger partial charge in [-0.2, -0.15) is 0 Å². The Morgan fingerprint density at radius 1 is 1.15 bits per heavy atom. The van der Waals surface area contributed by atoms with Crippen LogP contribution in [0.25, 0.3) is 0 Å². The molecule has 0 spiro atoms. The van der Waals surface area contributed by atoms with Crippen molar-refractivity contribution in [2.75, 3.05) is 23.4 Å². The molecular weight excluding hydrogens is 256 g/mol. The molecule has 0 aliphatic carbocycles. The van der Waals surface area contributed by atoms with Crippen LogP contribution in [0, 0.1) is 0 Å². The van der Waals surface area contributed by atoms with Crippen molar-refractivity contribution in [3.05, 3.63) is 24.3 Å². The number of benzene rings is 1. The van der Waals surface area contributed by atoms with Gasteiger partial charge < -0.3 is 15.0 Å². The molecule has 0 radical (unpaired) electrons. The summed E-state index contributed by atoms with van der Waals surface area (Å²) in [6.45, 7) is 4.44. The van der Waals surface area contributed by atoms with Gasteiger partial charge in [-0.1, -0.05) is 0 Å². The monoisotopic (exact) mass is 276 g/mol. The molecule has 1 N–H and O–H groups in total. The molecule has 1 aliphatic rings. The maximum atomic E-state index is 11.9. The summed E-state index contributed by atoms with van der Waals surface area (Å²) in [6, 6.07) is 7.54. The van der Waals surface area contributed by atoms with E-state index in [1.165, 1.54) is 6.92 Å². The van der Waals surface area contributed by atoms with Crippen LogP contribution >= 0.6 is 0 Å². The highest BCUT2D eigenvalue weighted by molar-refractivity contribution is 5.93. The number of amides is 2. The van der Waals surface area contributed by atoms with Crippen molar-refractivity contribution >= 4 is 23.2 Å². The zero-order valence-electron chi connectivity index (χ0n) is 11.9. The minimum atomic E-state index is -0.106. The fourth-order valence-electron chi connectivity index (χ4n) is 2.50. The van der Waals surface area contributed by atoms with Crippen LogP contribution in [0.1, 0.15) is 26.7 Å². The zero-order chi connectivity index (χ0) is 14.5. The number of hydrogen-bond acceptors (Lipinski definition) is 3. The van der Waals surface area contributed by atoms with E-state index in [0.717, 1.165) is 24.2 Å². The second-order valence-corrected chi connectivity index (χ2v) is 4.96. The minimum absolute atomic E-state index is 0.0316. The van der Waals surface area contributed by atoms with Crippen LogP contribution in [0.4, 0.5) is 11.4 Å². The van der Waals surface area contributed by atoms with Gasteiger partial charge in [0.1, 0.15) is 0 Å². The highest BCUT2D eigenvalue weighted by atomic mass is 16.5. The first kappa shape index (κ1) is 14.5. The lowest BCUT2D eigenvalue weighted by Gasteiger charge is -2.33. The SMILES string of the molecule is CC(=O)Nc1ccc(N(C(C)=O)C2CCOCC2)cc1. The molecule has 0 atom stereocenters. The lowest BCUT2D eigenvalue weighted by Crippen LogP contribution is -2.42. The van der Waals surface area contributed by atoms with Crippen LogP contribution in [0.5, 0.6) is 0 Å². The molecule has 1 heterocycles. The number of rotatable bonds is 3. The average Bonchev–Trinajstić information content (AvgIpc) is 2.41. The van der Waals surface area contributed by atoms with Crippen LogP contribution in [-0.4, -0.2) is 31.1 Å². The number of ether oxygens (including phenoxy) is 1. The highest BCUT2D eigenvalue weighted by Gasteiger charge is 2.24. The minimum Gasteiger partial charge on any atom is -0.381 e. The Labute approximate surface area is 118 Å². The van der Waals surface area contributed by atoms with E-state index in [2.05, 4.69) is 5.32 Å². The van der Waals surface area contributed by atoms with Crippen LogP contribution in [0.2, 0.25) is 0 Å². The molecule has 20 heavy (non-hydrogen) atoms. The zero-order valence-corrected chi connectivity index (χ0v) is 11.9. The molecule has 1 aromatic carbocycles. The van der Waals surface area contributed by atoms with Gasteiger partial charge in [0.15, 0.2) is 0 Å². The summed E-state index contributed by atoms with van der Waals surface area (Å²) in [5, 5.41) is 2.72. The van der Waals surface area contributed by atoms with Gasteiger partial charge in [0.25, 0.3) is 0 Å². The lowest BCUT2D eigenvalue weighted by molar-refractivity contribution is -0.117. The Bertz CT molecular complexity index is 478. The number of nitrogens with zero attached hydrogens (tertiary/aromatic N) is 1. The predicted molar refractivity (Wildman–Crippen MR) is 77.7 cm³/mol. The molecule has 0 unspecified atom stereocenters. The Balaban J connectivity index is 2.16. The summed E-state index contributed by atoms with van der Waals surface area (Å²) in [7, 11) is 0. The van der Waals surface area contributed by atoms with E-state index in [0.29, 0.717) is 13.2 Å². The largest absolute Gasteiger partial charge is 0.381 e. The molecule has 2 amide bonds. The van der Waals surface area contributed by atoms with Gasteiger partial charge in [-0.15, -0.1) is 0 Å². The molecule has 0 saturated carbocycles. The number of carbonyl (C=O) groups is 2. The number of nitrogens with one attached hydrogen (secondary N) is 1. The molecule has 0 bridgehead atoms. The molecule has 2 rings (SSSR count). The summed E-state index contributed by atoms with van der Waals surface area (Å²) in [5.74, 6) is -0.0743. The Morgan fingerprint density at radius 2 is 1.75 bits per heavy atom. The Kier molecular flexibility index (Phi) is 4.74. The third kappa shape index (κ3) is 3.57. The maximum Gasteiger partial charge on any atom is 0.224 e. The number of hydrogen-bond donors (Lipinski definition) is 1. The van der Waals surface area contributed by atoms with Crippen molar-refractivity contribution in [3.63, 3.8) is 0 Å². The standard InChI is InChI=1S/C15H20N2O3/c1-11(18)16-13-3-5-14(6-4-13)17(12(2)19)15-7-9-20-10-8-15/h3-6,15H,7-10H2,1-2H3,(H,16,18). The van der Waals surface area contributed by atoms with Crippen LogP contribution < -0.4 is 10.2 Å². The van der Waals surface area contributed by atoms with Gasteiger partial charge in [0, 0.05) is 44.5 Å². The molecule has 1 aliphatic heterocycles. The van der Waals surface area contributed by atoms with Crippen molar-refractivity contribution in [2.24, 2.45) is 0 Å². The first-order valence-electron chi connectivity index (χ1n) is 6.83.